The third-order valence-electron chi connectivity index (χ3n) is 5.48. The number of benzene rings is 1. The smallest absolute Gasteiger partial charge is 0.396 e. The zero-order chi connectivity index (χ0) is 19.9. The molecular formula is C20H29F3N2O2. The molecule has 1 saturated carbocycles. The standard InChI is InChI=1S/C18H25NO2.C2H4F3N/c20-13-11-18(21)19-12-10-15(14-6-2-1-3-7-14)16-8-4-5-9-17(16)19;3-2(4,5)1-6/h1-3,6-7,15-17,20H,4-5,8-13H2;1,6H2. The number of likely N-dealkylation sites (tertiary alicyclic amines) is 1. The molecule has 1 saturated heterocycles. The summed E-state index contributed by atoms with van der Waals surface area (Å²) in [5, 5.41) is 9.05. The van der Waals surface area contributed by atoms with Gasteiger partial charge in [0.05, 0.1) is 13.2 Å². The number of nitrogens with zero attached hydrogens (tertiary/aromatic N) is 1. The molecule has 2 fully saturated rings. The van der Waals surface area contributed by atoms with Crippen LogP contribution in [0, 0.1) is 5.92 Å². The summed E-state index contributed by atoms with van der Waals surface area (Å²) in [6, 6.07) is 11.2. The van der Waals surface area contributed by atoms with Gasteiger partial charge in [-0.25, -0.2) is 0 Å². The third-order valence-corrected chi connectivity index (χ3v) is 5.48. The first kappa shape index (κ1) is 21.7. The maximum absolute atomic E-state index is 12.3. The van der Waals surface area contributed by atoms with Crippen molar-refractivity contribution in [3.05, 3.63) is 35.9 Å². The number of hydrogen-bond donors (Lipinski definition) is 2. The SMILES string of the molecule is NCC(F)(F)F.O=C(CCO)N1CCC(c2ccccc2)C2CCCCC21. The van der Waals surface area contributed by atoms with E-state index in [0.717, 1.165) is 19.4 Å². The number of aliphatic hydroxyl groups excluding tert-OH is 1. The van der Waals surface area contributed by atoms with Crippen LogP contribution in [0.5, 0.6) is 0 Å². The maximum Gasteiger partial charge on any atom is 0.400 e. The number of aliphatic hydroxyl groups is 1. The molecule has 0 aromatic heterocycles. The lowest BCUT2D eigenvalue weighted by atomic mass is 9.69. The van der Waals surface area contributed by atoms with Crippen LogP contribution in [0.1, 0.15) is 50.0 Å². The zero-order valence-electron chi connectivity index (χ0n) is 15.5. The van der Waals surface area contributed by atoms with E-state index in [9.17, 15) is 18.0 Å². The van der Waals surface area contributed by atoms with Crippen molar-refractivity contribution in [3.8, 4) is 0 Å². The van der Waals surface area contributed by atoms with Gasteiger partial charge in [-0.2, -0.15) is 13.2 Å². The quantitative estimate of drug-likeness (QED) is 0.836. The van der Waals surface area contributed by atoms with Gasteiger partial charge in [0.2, 0.25) is 5.91 Å². The minimum absolute atomic E-state index is 0.0329. The number of halogens is 3. The molecular weight excluding hydrogens is 357 g/mol. The van der Waals surface area contributed by atoms with Gasteiger partial charge in [0.15, 0.2) is 0 Å². The molecule has 0 bridgehead atoms. The number of hydrogen-bond acceptors (Lipinski definition) is 3. The fourth-order valence-electron chi connectivity index (χ4n) is 4.32. The Labute approximate surface area is 158 Å². The lowest BCUT2D eigenvalue weighted by Gasteiger charge is -2.48. The predicted molar refractivity (Wildman–Crippen MR) is 98.1 cm³/mol. The van der Waals surface area contributed by atoms with Crippen LogP contribution < -0.4 is 5.73 Å². The Morgan fingerprint density at radius 3 is 2.37 bits per heavy atom. The molecule has 1 aliphatic heterocycles. The van der Waals surface area contributed by atoms with Crippen LogP contribution in [0.2, 0.25) is 0 Å². The first-order valence-corrected chi connectivity index (χ1v) is 9.59. The van der Waals surface area contributed by atoms with Crippen molar-refractivity contribution in [1.29, 1.82) is 0 Å². The van der Waals surface area contributed by atoms with Gasteiger partial charge in [0, 0.05) is 19.0 Å². The van der Waals surface area contributed by atoms with Crippen LogP contribution in [-0.2, 0) is 4.79 Å². The normalized spacial score (nSPS) is 25.2. The van der Waals surface area contributed by atoms with Gasteiger partial charge in [-0.1, -0.05) is 43.2 Å². The van der Waals surface area contributed by atoms with Crippen LogP contribution in [0.3, 0.4) is 0 Å². The Morgan fingerprint density at radius 1 is 1.15 bits per heavy atom. The number of nitrogens with two attached hydrogens (primary N) is 1. The Morgan fingerprint density at radius 2 is 1.78 bits per heavy atom. The van der Waals surface area contributed by atoms with E-state index in [1.54, 1.807) is 0 Å². The third kappa shape index (κ3) is 6.21. The lowest BCUT2D eigenvalue weighted by molar-refractivity contribution is -0.138. The number of fused-ring (bicyclic) bond motifs is 1. The van der Waals surface area contributed by atoms with Crippen LogP contribution in [0.4, 0.5) is 13.2 Å². The van der Waals surface area contributed by atoms with E-state index < -0.39 is 12.7 Å². The summed E-state index contributed by atoms with van der Waals surface area (Å²) >= 11 is 0. The van der Waals surface area contributed by atoms with E-state index in [-0.39, 0.29) is 18.9 Å². The van der Waals surface area contributed by atoms with Crippen molar-refractivity contribution in [3.63, 3.8) is 0 Å². The summed E-state index contributed by atoms with van der Waals surface area (Å²) in [7, 11) is 0. The zero-order valence-corrected chi connectivity index (χ0v) is 15.5. The topological polar surface area (TPSA) is 66.6 Å². The second-order valence-corrected chi connectivity index (χ2v) is 7.20. The molecule has 4 nitrogen and oxygen atoms in total. The van der Waals surface area contributed by atoms with Gasteiger partial charge in [0.25, 0.3) is 0 Å². The number of rotatable bonds is 3. The van der Waals surface area contributed by atoms with E-state index >= 15 is 0 Å². The van der Waals surface area contributed by atoms with Crippen LogP contribution in [0.25, 0.3) is 0 Å². The second kappa shape index (κ2) is 10.1. The highest BCUT2D eigenvalue weighted by atomic mass is 19.4. The van der Waals surface area contributed by atoms with Gasteiger partial charge in [-0.15, -0.1) is 0 Å². The van der Waals surface area contributed by atoms with Crippen molar-refractivity contribution in [2.45, 2.75) is 56.7 Å². The number of amides is 1. The first-order chi connectivity index (χ1) is 12.9. The molecule has 0 radical (unpaired) electrons. The molecule has 1 aromatic carbocycles. The fourth-order valence-corrected chi connectivity index (χ4v) is 4.32. The second-order valence-electron chi connectivity index (χ2n) is 7.20. The minimum Gasteiger partial charge on any atom is -0.396 e. The lowest BCUT2D eigenvalue weighted by Crippen LogP contribution is -2.52. The largest absolute Gasteiger partial charge is 0.400 e. The van der Waals surface area contributed by atoms with E-state index in [1.807, 2.05) is 0 Å². The Kier molecular flexibility index (Phi) is 8.10. The molecule has 2 aliphatic rings. The molecule has 27 heavy (non-hydrogen) atoms. The summed E-state index contributed by atoms with van der Waals surface area (Å²) < 4.78 is 32.0. The average molecular weight is 386 g/mol. The summed E-state index contributed by atoms with van der Waals surface area (Å²) in [4.78, 5) is 14.3. The molecule has 152 valence electrons. The van der Waals surface area contributed by atoms with Crippen LogP contribution in [0.15, 0.2) is 30.3 Å². The minimum atomic E-state index is -4.18. The van der Waals surface area contributed by atoms with E-state index in [2.05, 4.69) is 41.0 Å². The van der Waals surface area contributed by atoms with Gasteiger partial charge in [0.1, 0.15) is 0 Å². The van der Waals surface area contributed by atoms with Gasteiger partial charge in [-0.3, -0.25) is 4.79 Å². The molecule has 0 spiro atoms. The van der Waals surface area contributed by atoms with E-state index in [4.69, 9.17) is 5.11 Å². The molecule has 3 atom stereocenters. The molecule has 3 unspecified atom stereocenters. The molecule has 1 aromatic rings. The van der Waals surface area contributed by atoms with Crippen molar-refractivity contribution in [2.75, 3.05) is 19.7 Å². The number of carbonyl (C=O) groups is 1. The number of alkyl halides is 3. The Bertz CT molecular complexity index is 580. The molecule has 7 heteroatoms. The monoisotopic (exact) mass is 386 g/mol. The molecule has 1 heterocycles. The molecule has 3 rings (SSSR count). The Hall–Kier alpha value is -1.60. The summed E-state index contributed by atoms with van der Waals surface area (Å²) in [5.74, 6) is 1.33. The van der Waals surface area contributed by atoms with Gasteiger partial charge in [-0.05, 0) is 36.7 Å². The van der Waals surface area contributed by atoms with Crippen LogP contribution in [-0.4, -0.2) is 47.8 Å². The van der Waals surface area contributed by atoms with Crippen molar-refractivity contribution >= 4 is 5.91 Å². The molecule has 3 N–H and O–H groups in total. The van der Waals surface area contributed by atoms with Crippen molar-refractivity contribution < 1.29 is 23.1 Å². The number of carbonyl (C=O) groups excluding carboxylic acids is 1. The van der Waals surface area contributed by atoms with Crippen LogP contribution >= 0.6 is 0 Å². The first-order valence-electron chi connectivity index (χ1n) is 9.59. The molecule has 1 aliphatic carbocycles. The fraction of sp³-hybridized carbons (Fsp3) is 0.650. The van der Waals surface area contributed by atoms with Crippen molar-refractivity contribution in [1.82, 2.24) is 4.90 Å². The summed E-state index contributed by atoms with van der Waals surface area (Å²) in [5.41, 5.74) is 5.61. The van der Waals surface area contributed by atoms with Crippen molar-refractivity contribution in [2.24, 2.45) is 11.7 Å². The number of piperidine rings is 1. The average Bonchev–Trinajstić information content (AvgIpc) is 2.68. The van der Waals surface area contributed by atoms with Gasteiger partial charge >= 0.3 is 6.18 Å². The maximum atomic E-state index is 12.3. The molecule has 1 amide bonds. The summed E-state index contributed by atoms with van der Waals surface area (Å²) in [6.07, 6.45) is 2.03. The van der Waals surface area contributed by atoms with E-state index in [1.165, 1.54) is 24.8 Å². The van der Waals surface area contributed by atoms with Gasteiger partial charge < -0.3 is 15.7 Å². The summed E-state index contributed by atoms with van der Waals surface area (Å²) in [6.45, 7) is -0.415. The highest BCUT2D eigenvalue weighted by Gasteiger charge is 2.41. The highest BCUT2D eigenvalue weighted by molar-refractivity contribution is 5.76. The van der Waals surface area contributed by atoms with E-state index in [0.29, 0.717) is 17.9 Å². The Balaban J connectivity index is 0.000000380. The highest BCUT2D eigenvalue weighted by Crippen LogP contribution is 2.44. The predicted octanol–water partition coefficient (Wildman–Crippen LogP) is 3.45.